The van der Waals surface area contributed by atoms with Gasteiger partial charge in [-0.15, -0.1) is 12.4 Å². The van der Waals surface area contributed by atoms with Crippen molar-refractivity contribution in [2.45, 2.75) is 57.5 Å². The van der Waals surface area contributed by atoms with E-state index in [2.05, 4.69) is 5.32 Å². The highest BCUT2D eigenvalue weighted by Crippen LogP contribution is 2.38. The minimum Gasteiger partial charge on any atom is -0.330 e. The van der Waals surface area contributed by atoms with Crippen LogP contribution in [-0.2, 0) is 11.2 Å². The molecule has 142 valence electrons. The number of aryl methyl sites for hydroxylation is 1. The van der Waals surface area contributed by atoms with E-state index in [1.807, 2.05) is 0 Å². The Bertz CT molecular complexity index is 557. The first-order chi connectivity index (χ1) is 11.3. The maximum Gasteiger partial charge on any atom is 0.389 e. The lowest BCUT2D eigenvalue weighted by molar-refractivity contribution is -0.133. The van der Waals surface area contributed by atoms with E-state index in [9.17, 15) is 18.0 Å². The van der Waals surface area contributed by atoms with Gasteiger partial charge in [-0.3, -0.25) is 4.79 Å². The average Bonchev–Trinajstić information content (AvgIpc) is 2.54. The highest BCUT2D eigenvalue weighted by atomic mass is 35.5. The Morgan fingerprint density at radius 1 is 1.16 bits per heavy atom. The molecule has 1 aliphatic rings. The van der Waals surface area contributed by atoms with Gasteiger partial charge in [0.1, 0.15) is 0 Å². The van der Waals surface area contributed by atoms with Crippen LogP contribution in [0.5, 0.6) is 0 Å². The number of benzene rings is 1. The molecule has 1 aromatic rings. The smallest absolute Gasteiger partial charge is 0.330 e. The number of amides is 1. The Hall–Kier alpha value is -1.27. The van der Waals surface area contributed by atoms with E-state index in [0.717, 1.165) is 25.7 Å². The number of alkyl halides is 3. The van der Waals surface area contributed by atoms with Gasteiger partial charge in [0.15, 0.2) is 0 Å². The lowest BCUT2D eigenvalue weighted by Crippen LogP contribution is -2.36. The van der Waals surface area contributed by atoms with E-state index in [4.69, 9.17) is 5.73 Å². The van der Waals surface area contributed by atoms with Crippen LogP contribution in [-0.4, -0.2) is 18.6 Å². The molecule has 2 rings (SSSR count). The summed E-state index contributed by atoms with van der Waals surface area (Å²) in [5, 5.41) is 2.79. The highest BCUT2D eigenvalue weighted by Gasteiger charge is 2.33. The molecular weight excluding hydrogens is 353 g/mol. The van der Waals surface area contributed by atoms with Crippen molar-refractivity contribution < 1.29 is 18.0 Å². The highest BCUT2D eigenvalue weighted by molar-refractivity contribution is 5.92. The molecule has 3 nitrogen and oxygen atoms in total. The molecule has 0 heterocycles. The topological polar surface area (TPSA) is 55.1 Å². The molecule has 1 fully saturated rings. The molecule has 1 aliphatic carbocycles. The monoisotopic (exact) mass is 378 g/mol. The van der Waals surface area contributed by atoms with Gasteiger partial charge in [0.05, 0.1) is 0 Å². The Labute approximate surface area is 153 Å². The molecule has 3 N–H and O–H groups in total. The van der Waals surface area contributed by atoms with Crippen LogP contribution >= 0.6 is 12.4 Å². The number of carbonyl (C=O) groups excluding carboxylic acids is 1. The predicted molar refractivity (Wildman–Crippen MR) is 95.9 cm³/mol. The molecule has 0 bridgehead atoms. The van der Waals surface area contributed by atoms with Crippen molar-refractivity contribution in [3.05, 3.63) is 29.8 Å². The summed E-state index contributed by atoms with van der Waals surface area (Å²) in [6.07, 6.45) is 0.288. The summed E-state index contributed by atoms with van der Waals surface area (Å²) in [7, 11) is 0. The van der Waals surface area contributed by atoms with Crippen molar-refractivity contribution in [3.8, 4) is 0 Å². The predicted octanol–water partition coefficient (Wildman–Crippen LogP) is 4.84. The van der Waals surface area contributed by atoms with Crippen molar-refractivity contribution in [1.29, 1.82) is 0 Å². The number of rotatable bonds is 6. The molecule has 7 heteroatoms. The third-order valence-electron chi connectivity index (χ3n) is 4.85. The zero-order chi connectivity index (χ0) is 17.6. The minimum atomic E-state index is -4.21. The first kappa shape index (κ1) is 21.8. The van der Waals surface area contributed by atoms with E-state index in [1.54, 1.807) is 24.3 Å². The Balaban J connectivity index is 0.00000312. The fourth-order valence-electron chi connectivity index (χ4n) is 3.43. The molecule has 0 aliphatic heterocycles. The van der Waals surface area contributed by atoms with Crippen molar-refractivity contribution in [2.75, 3.05) is 11.9 Å². The van der Waals surface area contributed by atoms with Gasteiger partial charge >= 0.3 is 6.18 Å². The Morgan fingerprint density at radius 3 is 2.40 bits per heavy atom. The van der Waals surface area contributed by atoms with E-state index in [0.29, 0.717) is 24.2 Å². The second-order valence-electron chi connectivity index (χ2n) is 6.76. The molecule has 0 unspecified atom stereocenters. The van der Waals surface area contributed by atoms with E-state index in [-0.39, 0.29) is 30.2 Å². The van der Waals surface area contributed by atoms with Crippen LogP contribution in [0.1, 0.15) is 50.5 Å². The van der Waals surface area contributed by atoms with Crippen LogP contribution in [0.2, 0.25) is 0 Å². The fourth-order valence-corrected chi connectivity index (χ4v) is 3.43. The van der Waals surface area contributed by atoms with Gasteiger partial charge in [-0.1, -0.05) is 37.5 Å². The van der Waals surface area contributed by atoms with Gasteiger partial charge in [-0.2, -0.15) is 13.2 Å². The van der Waals surface area contributed by atoms with Gasteiger partial charge in [-0.05, 0) is 42.9 Å². The summed E-state index contributed by atoms with van der Waals surface area (Å²) in [6, 6.07) is 6.68. The maximum absolute atomic E-state index is 12.4. The van der Waals surface area contributed by atoms with Gasteiger partial charge in [0, 0.05) is 18.5 Å². The molecule has 1 saturated carbocycles. The molecule has 0 aromatic heterocycles. The molecular formula is C18H26ClF3N2O. The zero-order valence-corrected chi connectivity index (χ0v) is 15.0. The lowest BCUT2D eigenvalue weighted by atomic mass is 9.71. The minimum absolute atomic E-state index is 0. The van der Waals surface area contributed by atoms with Crippen molar-refractivity contribution in [3.63, 3.8) is 0 Å². The first-order valence-corrected chi connectivity index (χ1v) is 8.48. The van der Waals surface area contributed by atoms with Crippen LogP contribution < -0.4 is 11.1 Å². The quantitative estimate of drug-likeness (QED) is 0.744. The van der Waals surface area contributed by atoms with Crippen LogP contribution in [0.15, 0.2) is 24.3 Å². The van der Waals surface area contributed by atoms with Crippen LogP contribution in [0.4, 0.5) is 18.9 Å². The summed E-state index contributed by atoms with van der Waals surface area (Å²) in [5.74, 6) is -0.165. The van der Waals surface area contributed by atoms with Gasteiger partial charge < -0.3 is 11.1 Å². The van der Waals surface area contributed by atoms with Crippen LogP contribution in [0.25, 0.3) is 0 Å². The fraction of sp³-hybridized carbons (Fsp3) is 0.611. The molecule has 0 spiro atoms. The molecule has 0 radical (unpaired) electrons. The normalized spacial score (nSPS) is 16.8. The number of halogens is 4. The van der Waals surface area contributed by atoms with Gasteiger partial charge in [-0.25, -0.2) is 0 Å². The van der Waals surface area contributed by atoms with Gasteiger partial charge in [0.25, 0.3) is 0 Å². The summed E-state index contributed by atoms with van der Waals surface area (Å²) in [5.41, 5.74) is 6.71. The second-order valence-corrected chi connectivity index (χ2v) is 6.76. The molecule has 1 aromatic carbocycles. The number of nitrogens with one attached hydrogen (secondary N) is 1. The summed E-state index contributed by atoms with van der Waals surface area (Å²) in [4.78, 5) is 12.4. The number of hydrogen-bond donors (Lipinski definition) is 2. The molecule has 25 heavy (non-hydrogen) atoms. The van der Waals surface area contributed by atoms with E-state index < -0.39 is 12.6 Å². The maximum atomic E-state index is 12.4. The number of para-hydroxylation sites is 1. The van der Waals surface area contributed by atoms with Crippen molar-refractivity contribution in [2.24, 2.45) is 11.1 Å². The van der Waals surface area contributed by atoms with Crippen molar-refractivity contribution >= 4 is 24.0 Å². The van der Waals surface area contributed by atoms with E-state index >= 15 is 0 Å². The van der Waals surface area contributed by atoms with Crippen LogP contribution in [0, 0.1) is 5.41 Å². The number of nitrogens with two attached hydrogens (primary N) is 1. The average molecular weight is 379 g/mol. The third-order valence-corrected chi connectivity index (χ3v) is 4.85. The van der Waals surface area contributed by atoms with Gasteiger partial charge in [0.2, 0.25) is 5.91 Å². The second kappa shape index (κ2) is 9.43. The number of hydrogen-bond acceptors (Lipinski definition) is 2. The molecule has 0 atom stereocenters. The number of anilines is 1. The summed E-state index contributed by atoms with van der Waals surface area (Å²) < 4.78 is 37.3. The lowest BCUT2D eigenvalue weighted by Gasteiger charge is -2.35. The zero-order valence-electron chi connectivity index (χ0n) is 14.2. The molecule has 0 saturated heterocycles. The summed E-state index contributed by atoms with van der Waals surface area (Å²) >= 11 is 0. The molecule has 1 amide bonds. The number of carbonyl (C=O) groups is 1. The first-order valence-electron chi connectivity index (χ1n) is 8.48. The van der Waals surface area contributed by atoms with Crippen LogP contribution in [0.3, 0.4) is 0 Å². The third kappa shape index (κ3) is 6.86. The van der Waals surface area contributed by atoms with Crippen molar-refractivity contribution in [1.82, 2.24) is 0 Å². The SMILES string of the molecule is Cl.NCC1(CC(=O)Nc2ccccc2CCC(F)(F)F)CCCCC1. The van der Waals surface area contributed by atoms with E-state index in [1.165, 1.54) is 6.42 Å². The largest absolute Gasteiger partial charge is 0.389 e. The standard InChI is InChI=1S/C18H25F3N2O.ClH/c19-18(20,21)11-8-14-6-2-3-7-15(14)23-16(24)12-17(13-22)9-4-1-5-10-17;/h2-3,6-7H,1,4-5,8-13,22H2,(H,23,24);1H. The Morgan fingerprint density at radius 2 is 1.80 bits per heavy atom. The summed E-state index contributed by atoms with van der Waals surface area (Å²) in [6.45, 7) is 0.468. The Kier molecular flexibility index (Phi) is 8.22.